The lowest BCUT2D eigenvalue weighted by molar-refractivity contribution is 0.0189. The topological polar surface area (TPSA) is 34.1 Å². The van der Waals surface area contributed by atoms with Crippen LogP contribution in [0.3, 0.4) is 0 Å². The maximum Gasteiger partial charge on any atom is 0.125 e. The standard InChI is InChI=1S/C11H20N2OS/c1-6-8-9(7-12-4)15-10(13-8)11(2,3)14-5/h12H,6-7H2,1-5H3. The van der Waals surface area contributed by atoms with Gasteiger partial charge >= 0.3 is 0 Å². The first kappa shape index (κ1) is 12.6. The van der Waals surface area contributed by atoms with Crippen molar-refractivity contribution >= 4 is 11.3 Å². The molecule has 0 amide bonds. The minimum absolute atomic E-state index is 0.277. The quantitative estimate of drug-likeness (QED) is 0.839. The molecule has 0 aliphatic carbocycles. The van der Waals surface area contributed by atoms with Gasteiger partial charge in [-0.05, 0) is 27.3 Å². The van der Waals surface area contributed by atoms with E-state index in [1.807, 2.05) is 7.05 Å². The van der Waals surface area contributed by atoms with Gasteiger partial charge in [0.25, 0.3) is 0 Å². The second-order valence-corrected chi connectivity index (χ2v) is 5.07. The van der Waals surface area contributed by atoms with E-state index >= 15 is 0 Å². The molecule has 1 aromatic rings. The van der Waals surface area contributed by atoms with Crippen molar-refractivity contribution in [1.82, 2.24) is 10.3 Å². The Kier molecular flexibility index (Phi) is 4.25. The average molecular weight is 228 g/mol. The van der Waals surface area contributed by atoms with Crippen LogP contribution >= 0.6 is 11.3 Å². The summed E-state index contributed by atoms with van der Waals surface area (Å²) in [5.41, 5.74) is 0.912. The van der Waals surface area contributed by atoms with Crippen molar-refractivity contribution < 1.29 is 4.74 Å². The van der Waals surface area contributed by atoms with Gasteiger partial charge in [-0.15, -0.1) is 11.3 Å². The lowest BCUT2D eigenvalue weighted by atomic mass is 10.1. The van der Waals surface area contributed by atoms with E-state index < -0.39 is 0 Å². The predicted molar refractivity (Wildman–Crippen MR) is 64.3 cm³/mol. The number of aromatic nitrogens is 1. The molecule has 0 aliphatic heterocycles. The monoisotopic (exact) mass is 228 g/mol. The van der Waals surface area contributed by atoms with Gasteiger partial charge in [0.2, 0.25) is 0 Å². The Bertz CT molecular complexity index is 320. The highest BCUT2D eigenvalue weighted by atomic mass is 32.1. The zero-order valence-corrected chi connectivity index (χ0v) is 11.0. The number of nitrogens with zero attached hydrogens (tertiary/aromatic N) is 1. The molecule has 0 radical (unpaired) electrons. The third-order valence-electron chi connectivity index (χ3n) is 2.48. The SMILES string of the molecule is CCc1nc(C(C)(C)OC)sc1CNC. The summed E-state index contributed by atoms with van der Waals surface area (Å²) >= 11 is 1.74. The van der Waals surface area contributed by atoms with Crippen LogP contribution in [0.1, 0.15) is 36.3 Å². The first-order chi connectivity index (χ1) is 7.05. The fraction of sp³-hybridized carbons (Fsp3) is 0.727. The highest BCUT2D eigenvalue weighted by Crippen LogP contribution is 2.30. The molecule has 3 nitrogen and oxygen atoms in total. The van der Waals surface area contributed by atoms with Gasteiger partial charge in [-0.25, -0.2) is 4.98 Å². The van der Waals surface area contributed by atoms with E-state index in [2.05, 4.69) is 31.1 Å². The molecular formula is C11H20N2OS. The number of rotatable bonds is 5. The molecule has 1 rings (SSSR count). The number of nitrogens with one attached hydrogen (secondary N) is 1. The summed E-state index contributed by atoms with van der Waals surface area (Å²) in [7, 11) is 3.69. The van der Waals surface area contributed by atoms with Crippen molar-refractivity contribution in [2.24, 2.45) is 0 Å². The molecule has 0 aliphatic rings. The average Bonchev–Trinajstić information content (AvgIpc) is 2.62. The summed E-state index contributed by atoms with van der Waals surface area (Å²) in [6.45, 7) is 7.13. The van der Waals surface area contributed by atoms with E-state index in [0.29, 0.717) is 0 Å². The van der Waals surface area contributed by atoms with Gasteiger partial charge in [-0.2, -0.15) is 0 Å². The number of methoxy groups -OCH3 is 1. The summed E-state index contributed by atoms with van der Waals surface area (Å²) in [6.07, 6.45) is 0.979. The number of hydrogen-bond acceptors (Lipinski definition) is 4. The summed E-state index contributed by atoms with van der Waals surface area (Å²) in [5, 5.41) is 4.23. The Balaban J connectivity index is 3.01. The number of aryl methyl sites for hydroxylation is 1. The molecular weight excluding hydrogens is 208 g/mol. The van der Waals surface area contributed by atoms with Gasteiger partial charge in [0.05, 0.1) is 5.69 Å². The lowest BCUT2D eigenvalue weighted by Gasteiger charge is -2.19. The first-order valence-corrected chi connectivity index (χ1v) is 6.05. The van der Waals surface area contributed by atoms with Crippen LogP contribution in [0.15, 0.2) is 0 Å². The summed E-state index contributed by atoms with van der Waals surface area (Å²) in [6, 6.07) is 0. The molecule has 0 fully saturated rings. The van der Waals surface area contributed by atoms with Crippen LogP contribution in [0, 0.1) is 0 Å². The van der Waals surface area contributed by atoms with E-state index in [1.54, 1.807) is 18.4 Å². The van der Waals surface area contributed by atoms with E-state index in [9.17, 15) is 0 Å². The molecule has 1 N–H and O–H groups in total. The molecule has 4 heteroatoms. The van der Waals surface area contributed by atoms with Crippen LogP contribution in [0.25, 0.3) is 0 Å². The summed E-state index contributed by atoms with van der Waals surface area (Å²) < 4.78 is 5.44. The Morgan fingerprint density at radius 2 is 2.13 bits per heavy atom. The van der Waals surface area contributed by atoms with Gasteiger partial charge in [0.1, 0.15) is 10.6 Å². The van der Waals surface area contributed by atoms with Gasteiger partial charge in [0, 0.05) is 18.5 Å². The molecule has 0 atom stereocenters. The van der Waals surface area contributed by atoms with Crippen molar-refractivity contribution in [1.29, 1.82) is 0 Å². The van der Waals surface area contributed by atoms with Crippen LogP contribution < -0.4 is 5.32 Å². The maximum atomic E-state index is 5.44. The lowest BCUT2D eigenvalue weighted by Crippen LogP contribution is -2.19. The van der Waals surface area contributed by atoms with Gasteiger partial charge in [-0.1, -0.05) is 6.92 Å². The fourth-order valence-electron chi connectivity index (χ4n) is 1.30. The number of thiazole rings is 1. The van der Waals surface area contributed by atoms with Crippen LogP contribution in [0.4, 0.5) is 0 Å². The normalized spacial score (nSPS) is 12.1. The van der Waals surface area contributed by atoms with Crippen molar-refractivity contribution in [3.63, 3.8) is 0 Å². The third-order valence-corrected chi connectivity index (χ3v) is 3.88. The summed E-state index contributed by atoms with van der Waals surface area (Å²) in [4.78, 5) is 5.96. The number of hydrogen-bond donors (Lipinski definition) is 1. The largest absolute Gasteiger partial charge is 0.372 e. The highest BCUT2D eigenvalue weighted by Gasteiger charge is 2.25. The Morgan fingerprint density at radius 1 is 1.47 bits per heavy atom. The molecule has 0 unspecified atom stereocenters. The molecule has 86 valence electrons. The zero-order valence-electron chi connectivity index (χ0n) is 10.2. The molecule has 0 saturated heterocycles. The summed E-state index contributed by atoms with van der Waals surface area (Å²) in [5.74, 6) is 0. The van der Waals surface area contributed by atoms with Crippen molar-refractivity contribution in [2.45, 2.75) is 39.3 Å². The molecule has 0 aromatic carbocycles. The van der Waals surface area contributed by atoms with Gasteiger partial charge in [-0.3, -0.25) is 0 Å². The minimum atomic E-state index is -0.277. The Labute approximate surface area is 95.9 Å². The molecule has 0 saturated carbocycles. The van der Waals surface area contributed by atoms with Crippen LogP contribution in [0.5, 0.6) is 0 Å². The first-order valence-electron chi connectivity index (χ1n) is 5.24. The van der Waals surface area contributed by atoms with Gasteiger partial charge in [0.15, 0.2) is 0 Å². The minimum Gasteiger partial charge on any atom is -0.372 e. The van der Waals surface area contributed by atoms with Crippen LogP contribution in [-0.2, 0) is 23.3 Å². The van der Waals surface area contributed by atoms with E-state index in [-0.39, 0.29) is 5.60 Å². The second kappa shape index (κ2) is 5.05. The van der Waals surface area contributed by atoms with E-state index in [1.165, 1.54) is 10.6 Å². The van der Waals surface area contributed by atoms with Crippen LogP contribution in [-0.4, -0.2) is 19.1 Å². The van der Waals surface area contributed by atoms with Crippen LogP contribution in [0.2, 0.25) is 0 Å². The van der Waals surface area contributed by atoms with E-state index in [0.717, 1.165) is 18.0 Å². The molecule has 0 spiro atoms. The van der Waals surface area contributed by atoms with Crippen molar-refractivity contribution in [3.8, 4) is 0 Å². The second-order valence-electron chi connectivity index (χ2n) is 3.99. The zero-order chi connectivity index (χ0) is 11.5. The molecule has 1 aromatic heterocycles. The maximum absolute atomic E-state index is 5.44. The highest BCUT2D eigenvalue weighted by molar-refractivity contribution is 7.11. The smallest absolute Gasteiger partial charge is 0.125 e. The van der Waals surface area contributed by atoms with Crippen molar-refractivity contribution in [3.05, 3.63) is 15.6 Å². The van der Waals surface area contributed by atoms with Crippen molar-refractivity contribution in [2.75, 3.05) is 14.2 Å². The molecule has 1 heterocycles. The van der Waals surface area contributed by atoms with Gasteiger partial charge < -0.3 is 10.1 Å². The predicted octanol–water partition coefficient (Wildman–Crippen LogP) is 2.31. The third kappa shape index (κ3) is 2.77. The molecule has 15 heavy (non-hydrogen) atoms. The Hall–Kier alpha value is -0.450. The Morgan fingerprint density at radius 3 is 2.60 bits per heavy atom. The van der Waals surface area contributed by atoms with E-state index in [4.69, 9.17) is 4.74 Å². The number of ether oxygens (including phenoxy) is 1. The fourth-order valence-corrected chi connectivity index (χ4v) is 2.55. The molecule has 0 bridgehead atoms.